The van der Waals surface area contributed by atoms with Gasteiger partial charge in [-0.05, 0) is 13.0 Å². The van der Waals surface area contributed by atoms with Gasteiger partial charge < -0.3 is 15.8 Å². The fourth-order valence-corrected chi connectivity index (χ4v) is 1.65. The lowest BCUT2D eigenvalue weighted by Gasteiger charge is -2.29. The Hall–Kier alpha value is -0.610. The third-order valence-corrected chi connectivity index (χ3v) is 2.70. The second-order valence-electron chi connectivity index (χ2n) is 3.64. The molecule has 0 unspecified atom stereocenters. The molecule has 0 bridgehead atoms. The van der Waals surface area contributed by atoms with Crippen molar-refractivity contribution in [3.8, 4) is 0 Å². The van der Waals surface area contributed by atoms with E-state index in [2.05, 4.69) is 19.2 Å². The van der Waals surface area contributed by atoms with Crippen LogP contribution in [0.4, 0.5) is 0 Å². The summed E-state index contributed by atoms with van der Waals surface area (Å²) < 4.78 is 5.27. The first-order valence-corrected chi connectivity index (χ1v) is 5.05. The van der Waals surface area contributed by atoms with E-state index in [1.807, 2.05) is 7.05 Å². The standard InChI is InChI=1S/C10H22N2O2/c1-5-7(2)10(12-3)8(14-4)6-9(11)13/h7-8,10,12H,5-6H2,1-4H3,(H2,11,13)/t7-,8+,10-/m0/s1. The average Bonchev–Trinajstić information content (AvgIpc) is 2.16. The van der Waals surface area contributed by atoms with E-state index >= 15 is 0 Å². The molecule has 0 aromatic heterocycles. The fraction of sp³-hybridized carbons (Fsp3) is 0.900. The van der Waals surface area contributed by atoms with E-state index in [1.165, 1.54) is 0 Å². The molecule has 0 rings (SSSR count). The maximum atomic E-state index is 10.8. The molecule has 0 aromatic carbocycles. The van der Waals surface area contributed by atoms with Gasteiger partial charge in [0.05, 0.1) is 12.5 Å². The van der Waals surface area contributed by atoms with Crippen molar-refractivity contribution in [3.05, 3.63) is 0 Å². The third-order valence-electron chi connectivity index (χ3n) is 2.70. The van der Waals surface area contributed by atoms with Crippen molar-refractivity contribution in [1.29, 1.82) is 0 Å². The minimum atomic E-state index is -0.319. The van der Waals surface area contributed by atoms with E-state index in [0.717, 1.165) is 6.42 Å². The van der Waals surface area contributed by atoms with Crippen LogP contribution in [0.2, 0.25) is 0 Å². The third kappa shape index (κ3) is 4.07. The number of methoxy groups -OCH3 is 1. The average molecular weight is 202 g/mol. The first-order chi connectivity index (χ1) is 6.56. The smallest absolute Gasteiger partial charge is 0.220 e. The van der Waals surface area contributed by atoms with Crippen molar-refractivity contribution in [3.63, 3.8) is 0 Å². The summed E-state index contributed by atoms with van der Waals surface area (Å²) in [7, 11) is 3.49. The largest absolute Gasteiger partial charge is 0.379 e. The van der Waals surface area contributed by atoms with Crippen molar-refractivity contribution >= 4 is 5.91 Å². The van der Waals surface area contributed by atoms with Gasteiger partial charge in [-0.1, -0.05) is 20.3 Å². The highest BCUT2D eigenvalue weighted by Crippen LogP contribution is 2.15. The number of nitrogens with one attached hydrogen (secondary N) is 1. The highest BCUT2D eigenvalue weighted by molar-refractivity contribution is 5.74. The molecule has 0 aliphatic rings. The number of nitrogens with two attached hydrogens (primary N) is 1. The fourth-order valence-electron chi connectivity index (χ4n) is 1.65. The van der Waals surface area contributed by atoms with Gasteiger partial charge in [0, 0.05) is 13.2 Å². The lowest BCUT2D eigenvalue weighted by Crippen LogP contribution is -2.45. The van der Waals surface area contributed by atoms with Gasteiger partial charge in [-0.25, -0.2) is 0 Å². The van der Waals surface area contributed by atoms with Crippen molar-refractivity contribution in [2.75, 3.05) is 14.2 Å². The number of rotatable bonds is 7. The molecule has 0 heterocycles. The van der Waals surface area contributed by atoms with Crippen LogP contribution in [0, 0.1) is 5.92 Å². The molecule has 4 nitrogen and oxygen atoms in total. The molecule has 3 N–H and O–H groups in total. The van der Waals surface area contributed by atoms with Crippen LogP contribution in [0.1, 0.15) is 26.7 Å². The Labute approximate surface area is 86.2 Å². The Kier molecular flexibility index (Phi) is 6.49. The van der Waals surface area contributed by atoms with E-state index in [0.29, 0.717) is 5.92 Å². The number of carbonyl (C=O) groups is 1. The molecule has 84 valence electrons. The van der Waals surface area contributed by atoms with Crippen molar-refractivity contribution in [2.24, 2.45) is 11.7 Å². The number of hydrogen-bond acceptors (Lipinski definition) is 3. The summed E-state index contributed by atoms with van der Waals surface area (Å²) in [6.07, 6.45) is 1.18. The van der Waals surface area contributed by atoms with E-state index in [1.54, 1.807) is 7.11 Å². The molecule has 3 atom stereocenters. The molecular weight excluding hydrogens is 180 g/mol. The summed E-state index contributed by atoms with van der Waals surface area (Å²) in [5.41, 5.74) is 5.16. The van der Waals surface area contributed by atoms with E-state index < -0.39 is 0 Å². The van der Waals surface area contributed by atoms with Crippen LogP contribution in [0.25, 0.3) is 0 Å². The van der Waals surface area contributed by atoms with Crippen molar-refractivity contribution in [2.45, 2.75) is 38.8 Å². The topological polar surface area (TPSA) is 64.3 Å². The monoisotopic (exact) mass is 202 g/mol. The highest BCUT2D eigenvalue weighted by atomic mass is 16.5. The molecule has 0 saturated carbocycles. The van der Waals surface area contributed by atoms with Crippen LogP contribution in [-0.2, 0) is 9.53 Å². The van der Waals surface area contributed by atoms with Gasteiger partial charge >= 0.3 is 0 Å². The van der Waals surface area contributed by atoms with Gasteiger partial charge in [-0.2, -0.15) is 0 Å². The zero-order valence-electron chi connectivity index (χ0n) is 9.54. The first kappa shape index (κ1) is 13.4. The van der Waals surface area contributed by atoms with Gasteiger partial charge in [-0.3, -0.25) is 4.79 Å². The molecule has 0 fully saturated rings. The zero-order chi connectivity index (χ0) is 11.1. The highest BCUT2D eigenvalue weighted by Gasteiger charge is 2.25. The summed E-state index contributed by atoms with van der Waals surface area (Å²) in [6, 6.07) is 0.178. The number of carbonyl (C=O) groups excluding carboxylic acids is 1. The molecule has 0 aromatic rings. The Bertz CT molecular complexity index is 174. The molecule has 1 amide bonds. The van der Waals surface area contributed by atoms with Crippen LogP contribution in [0.5, 0.6) is 0 Å². The molecule has 0 radical (unpaired) electrons. The Morgan fingerprint density at radius 1 is 1.57 bits per heavy atom. The second kappa shape index (κ2) is 6.79. The predicted octanol–water partition coefficient (Wildman–Crippen LogP) is 0.511. The molecule has 0 spiro atoms. The van der Waals surface area contributed by atoms with E-state index in [-0.39, 0.29) is 24.5 Å². The summed E-state index contributed by atoms with van der Waals surface area (Å²) in [5, 5.41) is 3.18. The Balaban J connectivity index is 4.35. The second-order valence-corrected chi connectivity index (χ2v) is 3.64. The van der Waals surface area contributed by atoms with Gasteiger partial charge in [0.15, 0.2) is 0 Å². The minimum Gasteiger partial charge on any atom is -0.379 e. The predicted molar refractivity (Wildman–Crippen MR) is 56.9 cm³/mol. The molecular formula is C10H22N2O2. The first-order valence-electron chi connectivity index (χ1n) is 5.05. The van der Waals surface area contributed by atoms with Crippen LogP contribution in [0.15, 0.2) is 0 Å². The van der Waals surface area contributed by atoms with E-state index in [9.17, 15) is 4.79 Å². The summed E-state index contributed by atoms with van der Waals surface area (Å²) in [5.74, 6) is 0.143. The number of primary amides is 1. The maximum absolute atomic E-state index is 10.8. The number of hydrogen-bond donors (Lipinski definition) is 2. The molecule has 0 saturated heterocycles. The lowest BCUT2D eigenvalue weighted by atomic mass is 9.92. The number of ether oxygens (including phenoxy) is 1. The van der Waals surface area contributed by atoms with Gasteiger partial charge in [0.2, 0.25) is 5.91 Å². The quantitative estimate of drug-likeness (QED) is 0.632. The maximum Gasteiger partial charge on any atom is 0.220 e. The summed E-state index contributed by atoms with van der Waals surface area (Å²) >= 11 is 0. The Morgan fingerprint density at radius 2 is 2.14 bits per heavy atom. The number of likely N-dealkylation sites (N-methyl/N-ethyl adjacent to an activating group) is 1. The van der Waals surface area contributed by atoms with E-state index in [4.69, 9.17) is 10.5 Å². The normalized spacial score (nSPS) is 17.4. The van der Waals surface area contributed by atoms with Gasteiger partial charge in [0.1, 0.15) is 0 Å². The summed E-state index contributed by atoms with van der Waals surface area (Å²) in [6.45, 7) is 4.25. The Morgan fingerprint density at radius 3 is 2.43 bits per heavy atom. The zero-order valence-corrected chi connectivity index (χ0v) is 9.54. The van der Waals surface area contributed by atoms with Crippen LogP contribution in [-0.4, -0.2) is 32.2 Å². The van der Waals surface area contributed by atoms with Crippen LogP contribution >= 0.6 is 0 Å². The van der Waals surface area contributed by atoms with Crippen molar-refractivity contribution in [1.82, 2.24) is 5.32 Å². The van der Waals surface area contributed by atoms with Crippen LogP contribution in [0.3, 0.4) is 0 Å². The summed E-state index contributed by atoms with van der Waals surface area (Å²) in [4.78, 5) is 10.8. The van der Waals surface area contributed by atoms with Crippen LogP contribution < -0.4 is 11.1 Å². The number of amides is 1. The molecule has 4 heteroatoms. The van der Waals surface area contributed by atoms with Crippen molar-refractivity contribution < 1.29 is 9.53 Å². The van der Waals surface area contributed by atoms with Gasteiger partial charge in [-0.15, -0.1) is 0 Å². The minimum absolute atomic E-state index is 0.132. The molecule has 0 aliphatic carbocycles. The molecule has 0 aliphatic heterocycles. The SMILES string of the molecule is CC[C@H](C)[C@H](NC)[C@@H](CC(N)=O)OC. The van der Waals surface area contributed by atoms with Gasteiger partial charge in [0.25, 0.3) is 0 Å². The molecule has 14 heavy (non-hydrogen) atoms. The lowest BCUT2D eigenvalue weighted by molar-refractivity contribution is -0.121.